The topological polar surface area (TPSA) is 49.3 Å². The molecule has 2 atom stereocenters. The van der Waals surface area contributed by atoms with Crippen molar-refractivity contribution in [1.82, 2.24) is 5.32 Å². The van der Waals surface area contributed by atoms with Crippen LogP contribution in [0.1, 0.15) is 38.7 Å². The Kier molecular flexibility index (Phi) is 13.2. The summed E-state index contributed by atoms with van der Waals surface area (Å²) in [5.74, 6) is 0.128. The molecule has 0 heterocycles. The van der Waals surface area contributed by atoms with Crippen LogP contribution in [0.15, 0.2) is 67.3 Å². The smallest absolute Gasteiger partial charge is 0.223 e. The molecular weight excluding hydrogens is 417 g/mol. The van der Waals surface area contributed by atoms with Gasteiger partial charge in [-0.1, -0.05) is 73.5 Å². The summed E-state index contributed by atoms with van der Waals surface area (Å²) < 4.78 is 0. The molecule has 5 heteroatoms. The highest BCUT2D eigenvalue weighted by molar-refractivity contribution is 6.30. The molecule has 0 radical (unpaired) electrons. The van der Waals surface area contributed by atoms with Crippen LogP contribution in [0.25, 0.3) is 0 Å². The van der Waals surface area contributed by atoms with E-state index in [0.717, 1.165) is 29.3 Å². The third-order valence-corrected chi connectivity index (χ3v) is 5.32. The number of allylic oxidation sites excluding steroid dienone is 1. The van der Waals surface area contributed by atoms with E-state index in [2.05, 4.69) is 11.9 Å². The van der Waals surface area contributed by atoms with Gasteiger partial charge in [0, 0.05) is 16.0 Å². The van der Waals surface area contributed by atoms with Gasteiger partial charge in [0.15, 0.2) is 0 Å². The number of halogens is 2. The van der Waals surface area contributed by atoms with Crippen LogP contribution in [-0.2, 0) is 11.2 Å². The Morgan fingerprint density at radius 3 is 2.13 bits per heavy atom. The molecule has 2 N–H and O–H groups in total. The molecule has 3 nitrogen and oxygen atoms in total. The van der Waals surface area contributed by atoms with Crippen LogP contribution in [0, 0.1) is 11.8 Å². The van der Waals surface area contributed by atoms with Gasteiger partial charge < -0.3 is 10.4 Å². The van der Waals surface area contributed by atoms with Crippen molar-refractivity contribution < 1.29 is 9.90 Å². The standard InChI is InChI=1S/C19H28ClNO2.C6H5Cl/c1-4-6-16(19(23)21-18(13-22)14(2)3)8-5-7-15-9-11-17(20)12-10-15;7-6-4-2-1-3-5-6/h4,9-12,14,16,18,22H,1,5-8,13H2,2-3H3,(H,21,23);1-5H. The molecule has 0 aromatic heterocycles. The summed E-state index contributed by atoms with van der Waals surface area (Å²) in [5.41, 5.74) is 1.22. The molecule has 0 aliphatic heterocycles. The van der Waals surface area contributed by atoms with Gasteiger partial charge in [-0.3, -0.25) is 4.79 Å². The second-order valence-corrected chi connectivity index (χ2v) is 8.45. The predicted molar refractivity (Wildman–Crippen MR) is 128 cm³/mol. The zero-order valence-corrected chi connectivity index (χ0v) is 19.4. The number of aryl methyl sites for hydroxylation is 1. The minimum absolute atomic E-state index is 0.00811. The van der Waals surface area contributed by atoms with Crippen LogP contribution >= 0.6 is 23.2 Å². The number of amides is 1. The highest BCUT2D eigenvalue weighted by Crippen LogP contribution is 2.17. The van der Waals surface area contributed by atoms with Crippen molar-refractivity contribution in [2.45, 2.75) is 45.6 Å². The lowest BCUT2D eigenvalue weighted by Crippen LogP contribution is -2.44. The number of aliphatic hydroxyl groups excluding tert-OH is 1. The molecule has 1 amide bonds. The molecule has 0 bridgehead atoms. The van der Waals surface area contributed by atoms with Crippen LogP contribution in [0.4, 0.5) is 0 Å². The zero-order valence-electron chi connectivity index (χ0n) is 17.9. The van der Waals surface area contributed by atoms with E-state index in [0.29, 0.717) is 6.42 Å². The van der Waals surface area contributed by atoms with E-state index in [1.54, 1.807) is 6.08 Å². The van der Waals surface area contributed by atoms with Crippen molar-refractivity contribution in [3.63, 3.8) is 0 Å². The van der Waals surface area contributed by atoms with Gasteiger partial charge in [0.25, 0.3) is 0 Å². The SMILES string of the molecule is C=CCC(CCCc1ccc(Cl)cc1)C(=O)NC(CO)C(C)C.Clc1ccccc1. The Morgan fingerprint density at radius 2 is 1.67 bits per heavy atom. The number of hydrogen-bond donors (Lipinski definition) is 2. The van der Waals surface area contributed by atoms with Gasteiger partial charge in [-0.2, -0.15) is 0 Å². The van der Waals surface area contributed by atoms with Gasteiger partial charge in [0.2, 0.25) is 5.91 Å². The Labute approximate surface area is 191 Å². The highest BCUT2D eigenvalue weighted by atomic mass is 35.5. The fourth-order valence-corrected chi connectivity index (χ4v) is 3.17. The van der Waals surface area contributed by atoms with Gasteiger partial charge in [-0.15, -0.1) is 6.58 Å². The Hall–Kier alpha value is -1.81. The van der Waals surface area contributed by atoms with Gasteiger partial charge in [0.05, 0.1) is 12.6 Å². The fraction of sp³-hybridized carbons (Fsp3) is 0.400. The number of aliphatic hydroxyl groups is 1. The predicted octanol–water partition coefficient (Wildman–Crippen LogP) is 6.33. The van der Waals surface area contributed by atoms with Gasteiger partial charge in [-0.25, -0.2) is 0 Å². The molecule has 30 heavy (non-hydrogen) atoms. The molecule has 0 fully saturated rings. The first-order valence-corrected chi connectivity index (χ1v) is 11.1. The van der Waals surface area contributed by atoms with E-state index in [4.69, 9.17) is 23.2 Å². The summed E-state index contributed by atoms with van der Waals surface area (Å²) in [6.07, 6.45) is 5.10. The summed E-state index contributed by atoms with van der Waals surface area (Å²) in [4.78, 5) is 12.4. The lowest BCUT2D eigenvalue weighted by atomic mass is 9.94. The van der Waals surface area contributed by atoms with Crippen LogP contribution in [0.3, 0.4) is 0 Å². The van der Waals surface area contributed by atoms with Gasteiger partial charge >= 0.3 is 0 Å². The summed E-state index contributed by atoms with van der Waals surface area (Å²) in [6, 6.07) is 17.1. The average molecular weight is 450 g/mol. The van der Waals surface area contributed by atoms with E-state index >= 15 is 0 Å². The van der Waals surface area contributed by atoms with Crippen LogP contribution in [0.5, 0.6) is 0 Å². The third kappa shape index (κ3) is 10.8. The van der Waals surface area contributed by atoms with Crippen molar-refractivity contribution in [3.8, 4) is 0 Å². The number of carbonyl (C=O) groups excluding carboxylic acids is 1. The zero-order chi connectivity index (χ0) is 22.4. The minimum atomic E-state index is -0.189. The van der Waals surface area contributed by atoms with Crippen molar-refractivity contribution in [2.75, 3.05) is 6.61 Å². The Morgan fingerprint density at radius 1 is 1.07 bits per heavy atom. The number of rotatable bonds is 10. The molecule has 2 unspecified atom stereocenters. The third-order valence-electron chi connectivity index (χ3n) is 4.82. The Balaban J connectivity index is 0.000000539. The molecular formula is C25H33Cl2NO2. The van der Waals surface area contributed by atoms with Crippen LogP contribution in [-0.4, -0.2) is 23.7 Å². The molecule has 0 aliphatic carbocycles. The van der Waals surface area contributed by atoms with Crippen molar-refractivity contribution in [1.29, 1.82) is 0 Å². The summed E-state index contributed by atoms with van der Waals surface area (Å²) in [7, 11) is 0. The van der Waals surface area contributed by atoms with E-state index in [1.807, 2.05) is 68.4 Å². The number of carbonyl (C=O) groups is 1. The van der Waals surface area contributed by atoms with Crippen molar-refractivity contribution in [3.05, 3.63) is 82.9 Å². The van der Waals surface area contributed by atoms with E-state index in [1.165, 1.54) is 5.56 Å². The second kappa shape index (κ2) is 15.1. The highest BCUT2D eigenvalue weighted by Gasteiger charge is 2.21. The minimum Gasteiger partial charge on any atom is -0.394 e. The van der Waals surface area contributed by atoms with E-state index in [-0.39, 0.29) is 30.4 Å². The maximum absolute atomic E-state index is 12.4. The number of hydrogen-bond acceptors (Lipinski definition) is 2. The molecule has 0 spiro atoms. The van der Waals surface area contributed by atoms with Gasteiger partial charge in [-0.05, 0) is 61.4 Å². The molecule has 2 aromatic carbocycles. The van der Waals surface area contributed by atoms with E-state index < -0.39 is 0 Å². The van der Waals surface area contributed by atoms with Gasteiger partial charge in [0.1, 0.15) is 0 Å². The summed E-state index contributed by atoms with van der Waals surface area (Å²) in [5, 5.41) is 13.8. The number of benzene rings is 2. The first-order chi connectivity index (χ1) is 14.4. The number of nitrogens with one attached hydrogen (secondary N) is 1. The van der Waals surface area contributed by atoms with E-state index in [9.17, 15) is 9.90 Å². The van der Waals surface area contributed by atoms with Crippen LogP contribution in [0.2, 0.25) is 10.0 Å². The summed E-state index contributed by atoms with van der Waals surface area (Å²) >= 11 is 11.4. The average Bonchev–Trinajstić information content (AvgIpc) is 2.73. The van der Waals surface area contributed by atoms with Crippen LogP contribution < -0.4 is 5.32 Å². The molecule has 2 rings (SSSR count). The molecule has 0 aliphatic rings. The molecule has 0 saturated carbocycles. The largest absolute Gasteiger partial charge is 0.394 e. The second-order valence-electron chi connectivity index (χ2n) is 7.58. The summed E-state index contributed by atoms with van der Waals surface area (Å²) in [6.45, 7) is 7.70. The normalized spacial score (nSPS) is 12.5. The van der Waals surface area contributed by atoms with Crippen molar-refractivity contribution in [2.24, 2.45) is 11.8 Å². The lowest BCUT2D eigenvalue weighted by Gasteiger charge is -2.23. The monoisotopic (exact) mass is 449 g/mol. The Bertz CT molecular complexity index is 733. The molecule has 164 valence electrons. The lowest BCUT2D eigenvalue weighted by molar-refractivity contribution is -0.126. The van der Waals surface area contributed by atoms with Crippen molar-refractivity contribution >= 4 is 29.1 Å². The first kappa shape index (κ1) is 26.2. The molecule has 0 saturated heterocycles. The fourth-order valence-electron chi connectivity index (χ4n) is 2.90. The molecule has 2 aromatic rings. The maximum atomic E-state index is 12.4. The quantitative estimate of drug-likeness (QED) is 0.416. The maximum Gasteiger partial charge on any atom is 0.223 e. The first-order valence-electron chi connectivity index (χ1n) is 10.3.